The van der Waals surface area contributed by atoms with Crippen molar-refractivity contribution in [1.29, 1.82) is 0 Å². The molecule has 2 N–H and O–H groups in total. The average molecular weight is 474 g/mol. The van der Waals surface area contributed by atoms with Gasteiger partial charge in [-0.3, -0.25) is 4.90 Å². The summed E-state index contributed by atoms with van der Waals surface area (Å²) < 4.78 is 38.1. The first-order valence-corrected chi connectivity index (χ1v) is 11.8. The lowest BCUT2D eigenvalue weighted by molar-refractivity contribution is 0.113. The van der Waals surface area contributed by atoms with Crippen LogP contribution in [0.25, 0.3) is 0 Å². The summed E-state index contributed by atoms with van der Waals surface area (Å²) in [4.78, 5) is 15.1. The predicted molar refractivity (Wildman–Crippen MR) is 128 cm³/mol. The normalized spacial score (nSPS) is 24.6. The van der Waals surface area contributed by atoms with Crippen LogP contribution in [-0.4, -0.2) is 49.8 Å². The number of amides is 2. The van der Waals surface area contributed by atoms with E-state index >= 15 is 0 Å². The van der Waals surface area contributed by atoms with Crippen molar-refractivity contribution in [2.45, 2.75) is 63.1 Å². The maximum Gasteiger partial charge on any atom is 0.319 e. The fourth-order valence-electron chi connectivity index (χ4n) is 5.75. The molecule has 1 heterocycles. The van der Waals surface area contributed by atoms with Crippen LogP contribution >= 0.6 is 0 Å². The van der Waals surface area contributed by atoms with Gasteiger partial charge in [0, 0.05) is 29.6 Å². The highest BCUT2D eigenvalue weighted by Gasteiger charge is 2.52. The number of urea groups is 1. The molecule has 2 fully saturated rings. The van der Waals surface area contributed by atoms with Gasteiger partial charge < -0.3 is 20.1 Å². The average Bonchev–Trinajstić information content (AvgIpc) is 3.20. The van der Waals surface area contributed by atoms with Gasteiger partial charge in [0.05, 0.1) is 19.9 Å². The highest BCUT2D eigenvalue weighted by molar-refractivity contribution is 5.89. The molecule has 1 aliphatic heterocycles. The molecule has 1 aliphatic carbocycles. The zero-order chi connectivity index (χ0) is 24.5. The zero-order valence-corrected chi connectivity index (χ0v) is 20.2. The predicted octanol–water partition coefficient (Wildman–Crippen LogP) is 5.08. The van der Waals surface area contributed by atoms with Crippen LogP contribution in [0.5, 0.6) is 11.5 Å². The second-order valence-electron chi connectivity index (χ2n) is 9.52. The van der Waals surface area contributed by atoms with Crippen molar-refractivity contribution in [1.82, 2.24) is 10.2 Å². The Balaban J connectivity index is 1.53. The summed E-state index contributed by atoms with van der Waals surface area (Å²) in [6.07, 6.45) is 3.53. The first-order chi connectivity index (χ1) is 16.3. The number of likely N-dealkylation sites (tertiary alicyclic amines) is 1. The summed E-state index contributed by atoms with van der Waals surface area (Å²) in [6.45, 7) is 5.38. The fourth-order valence-corrected chi connectivity index (χ4v) is 5.75. The van der Waals surface area contributed by atoms with E-state index in [2.05, 4.69) is 41.5 Å². The van der Waals surface area contributed by atoms with E-state index in [-0.39, 0.29) is 23.2 Å². The Labute approximate surface area is 199 Å². The summed E-state index contributed by atoms with van der Waals surface area (Å²) in [5.41, 5.74) is 1.15. The number of fused-ring (bicyclic) bond motifs is 1. The lowest BCUT2D eigenvalue weighted by atomic mass is 9.65. The molecule has 2 amide bonds. The molecule has 8 heteroatoms. The molecule has 0 spiro atoms. The minimum absolute atomic E-state index is 0.0401. The highest BCUT2D eigenvalue weighted by atomic mass is 19.1. The number of hydrogen-bond donors (Lipinski definition) is 2. The topological polar surface area (TPSA) is 62.8 Å². The number of carbonyl (C=O) groups excluding carboxylic acids is 1. The third-order valence-electron chi connectivity index (χ3n) is 7.44. The smallest absolute Gasteiger partial charge is 0.319 e. The Morgan fingerprint density at radius 3 is 2.53 bits per heavy atom. The first-order valence-electron chi connectivity index (χ1n) is 11.8. The monoisotopic (exact) mass is 473 g/mol. The highest BCUT2D eigenvalue weighted by Crippen LogP contribution is 2.50. The van der Waals surface area contributed by atoms with Gasteiger partial charge in [-0.05, 0) is 75.9 Å². The maximum atomic E-state index is 14.0. The third-order valence-corrected chi connectivity index (χ3v) is 7.44. The molecule has 2 aromatic carbocycles. The van der Waals surface area contributed by atoms with E-state index in [1.165, 1.54) is 11.6 Å². The lowest BCUT2D eigenvalue weighted by Crippen LogP contribution is -2.54. The van der Waals surface area contributed by atoms with Crippen molar-refractivity contribution >= 4 is 11.7 Å². The molecule has 0 unspecified atom stereocenters. The Kier molecular flexibility index (Phi) is 6.98. The first kappa shape index (κ1) is 24.3. The molecule has 0 radical (unpaired) electrons. The van der Waals surface area contributed by atoms with Gasteiger partial charge in [0.1, 0.15) is 11.6 Å². The van der Waals surface area contributed by atoms with E-state index in [0.29, 0.717) is 11.8 Å². The zero-order valence-electron chi connectivity index (χ0n) is 20.2. The molecule has 184 valence electrons. The van der Waals surface area contributed by atoms with E-state index in [9.17, 15) is 13.6 Å². The van der Waals surface area contributed by atoms with Gasteiger partial charge in [-0.25, -0.2) is 13.6 Å². The summed E-state index contributed by atoms with van der Waals surface area (Å²) >= 11 is 0. The molecule has 0 aromatic heterocycles. The number of halogens is 2. The molecule has 1 saturated carbocycles. The number of rotatable bonds is 6. The Bertz CT molecular complexity index is 1050. The van der Waals surface area contributed by atoms with Crippen LogP contribution in [0.2, 0.25) is 0 Å². The van der Waals surface area contributed by atoms with E-state index in [1.54, 1.807) is 14.2 Å². The number of nitrogens with zero attached hydrogens (tertiary/aromatic N) is 1. The number of ether oxygens (including phenoxy) is 2. The third kappa shape index (κ3) is 4.56. The van der Waals surface area contributed by atoms with Gasteiger partial charge in [-0.15, -0.1) is 0 Å². The van der Waals surface area contributed by atoms with E-state index in [0.717, 1.165) is 50.1 Å². The van der Waals surface area contributed by atoms with Crippen LogP contribution in [-0.2, 0) is 5.41 Å². The Morgan fingerprint density at radius 2 is 1.85 bits per heavy atom. The van der Waals surface area contributed by atoms with Crippen molar-refractivity contribution in [3.8, 4) is 11.5 Å². The lowest BCUT2D eigenvalue weighted by Gasteiger charge is -2.46. The Hall–Kier alpha value is -2.87. The summed E-state index contributed by atoms with van der Waals surface area (Å²) in [5.74, 6) is -0.0553. The largest absolute Gasteiger partial charge is 0.493 e. The number of methoxy groups -OCH3 is 2. The van der Waals surface area contributed by atoms with Gasteiger partial charge in [0.25, 0.3) is 0 Å². The van der Waals surface area contributed by atoms with Crippen LogP contribution < -0.4 is 20.1 Å². The molecule has 1 saturated heterocycles. The summed E-state index contributed by atoms with van der Waals surface area (Å²) in [6, 6.07) is 9.37. The number of carbonyl (C=O) groups is 1. The maximum absolute atomic E-state index is 14.0. The molecule has 3 atom stereocenters. The van der Waals surface area contributed by atoms with Gasteiger partial charge in [-0.2, -0.15) is 0 Å². The van der Waals surface area contributed by atoms with E-state index < -0.39 is 17.7 Å². The summed E-state index contributed by atoms with van der Waals surface area (Å²) in [5, 5.41) is 5.52. The fraction of sp³-hybridized carbons (Fsp3) is 0.500. The van der Waals surface area contributed by atoms with Crippen LogP contribution in [0.3, 0.4) is 0 Å². The van der Waals surface area contributed by atoms with Gasteiger partial charge in [0.15, 0.2) is 11.5 Å². The number of nitrogens with one attached hydrogen (secondary N) is 2. The summed E-state index contributed by atoms with van der Waals surface area (Å²) in [7, 11) is 3.28. The minimum atomic E-state index is -0.798. The number of hydrogen-bond acceptors (Lipinski definition) is 4. The van der Waals surface area contributed by atoms with Crippen molar-refractivity contribution in [3.63, 3.8) is 0 Å². The SMILES string of the molecule is COc1ccc([C@@]23CC[C@H](NC(=O)Nc4ccc(F)cc4F)C[C@H]2N(C(C)C)CC3)cc1OC. The molecule has 4 rings (SSSR count). The van der Waals surface area contributed by atoms with Crippen molar-refractivity contribution in [2.24, 2.45) is 0 Å². The minimum Gasteiger partial charge on any atom is -0.493 e. The second-order valence-corrected chi connectivity index (χ2v) is 9.52. The molecule has 34 heavy (non-hydrogen) atoms. The van der Waals surface area contributed by atoms with Gasteiger partial charge in [0.2, 0.25) is 0 Å². The van der Waals surface area contributed by atoms with E-state index in [4.69, 9.17) is 9.47 Å². The second kappa shape index (κ2) is 9.78. The molecule has 2 aliphatic rings. The van der Waals surface area contributed by atoms with Crippen LogP contribution in [0.1, 0.15) is 45.1 Å². The van der Waals surface area contributed by atoms with Crippen molar-refractivity contribution in [2.75, 3.05) is 26.1 Å². The molecular weight excluding hydrogens is 440 g/mol. The molecule has 6 nitrogen and oxygen atoms in total. The van der Waals surface area contributed by atoms with E-state index in [1.807, 2.05) is 6.07 Å². The van der Waals surface area contributed by atoms with Gasteiger partial charge in [-0.1, -0.05) is 6.07 Å². The standard InChI is InChI=1S/C26H33F2N3O3/c1-16(2)31-12-11-26(17-5-8-22(33-3)23(13-17)34-4)10-9-19(15-24(26)31)29-25(32)30-21-7-6-18(27)14-20(21)28/h5-8,13-14,16,19,24H,9-12,15H2,1-4H3,(H2,29,30,32)/t19-,24+,26-/m0/s1. The van der Waals surface area contributed by atoms with Crippen molar-refractivity contribution < 1.29 is 23.0 Å². The Morgan fingerprint density at radius 1 is 1.09 bits per heavy atom. The van der Waals surface area contributed by atoms with Gasteiger partial charge >= 0.3 is 6.03 Å². The van der Waals surface area contributed by atoms with Crippen LogP contribution in [0.15, 0.2) is 36.4 Å². The molecule has 2 aromatic rings. The van der Waals surface area contributed by atoms with Crippen LogP contribution in [0, 0.1) is 11.6 Å². The quantitative estimate of drug-likeness (QED) is 0.615. The van der Waals surface area contributed by atoms with Crippen LogP contribution in [0.4, 0.5) is 19.3 Å². The number of benzene rings is 2. The molecular formula is C26H33F2N3O3. The molecule has 0 bridgehead atoms. The number of anilines is 1. The van der Waals surface area contributed by atoms with Crippen molar-refractivity contribution in [3.05, 3.63) is 53.6 Å².